The number of nitro benzene ring substituents is 1. The van der Waals surface area contributed by atoms with E-state index in [0.717, 1.165) is 11.1 Å². The van der Waals surface area contributed by atoms with Gasteiger partial charge < -0.3 is 9.73 Å². The lowest BCUT2D eigenvalue weighted by molar-refractivity contribution is -0.384. The van der Waals surface area contributed by atoms with Crippen molar-refractivity contribution >= 4 is 16.7 Å². The molecule has 1 N–H and O–H groups in total. The van der Waals surface area contributed by atoms with Gasteiger partial charge in [-0.25, -0.2) is 0 Å². The van der Waals surface area contributed by atoms with E-state index < -0.39 is 4.92 Å². The molecular formula is C11H14N2O3. The van der Waals surface area contributed by atoms with E-state index in [9.17, 15) is 10.1 Å². The number of rotatable bonds is 1. The summed E-state index contributed by atoms with van der Waals surface area (Å²) in [6, 6.07) is 6.33. The smallest absolute Gasteiger partial charge is 0.270 e. The molecule has 0 aliphatic carbocycles. The Kier molecular flexibility index (Phi) is 4.02. The Balaban J connectivity index is 0.000000386. The van der Waals surface area contributed by atoms with Crippen LogP contribution in [-0.4, -0.2) is 19.0 Å². The molecule has 5 heteroatoms. The Morgan fingerprint density at radius 2 is 1.94 bits per heavy atom. The quantitative estimate of drug-likeness (QED) is 0.594. The van der Waals surface area contributed by atoms with Gasteiger partial charge >= 0.3 is 0 Å². The summed E-state index contributed by atoms with van der Waals surface area (Å²) in [5.41, 5.74) is 0.774. The molecule has 0 radical (unpaired) electrons. The van der Waals surface area contributed by atoms with Crippen molar-refractivity contribution < 1.29 is 9.34 Å². The number of nitrogens with zero attached hydrogens (tertiary/aromatic N) is 1. The molecule has 0 amide bonds. The van der Waals surface area contributed by atoms with Crippen molar-refractivity contribution in [1.29, 1.82) is 0 Å². The molecule has 0 saturated heterocycles. The first-order valence-electron chi connectivity index (χ1n) is 4.81. The van der Waals surface area contributed by atoms with E-state index in [0.29, 0.717) is 5.58 Å². The zero-order chi connectivity index (χ0) is 12.1. The van der Waals surface area contributed by atoms with Crippen LogP contribution in [0.25, 0.3) is 11.0 Å². The molecule has 2 aromatic rings. The van der Waals surface area contributed by atoms with Gasteiger partial charge in [-0.2, -0.15) is 0 Å². The zero-order valence-corrected chi connectivity index (χ0v) is 9.48. The van der Waals surface area contributed by atoms with Crippen LogP contribution in [0.1, 0.15) is 5.76 Å². The van der Waals surface area contributed by atoms with E-state index in [1.54, 1.807) is 12.1 Å². The third-order valence-corrected chi connectivity index (χ3v) is 1.83. The lowest BCUT2D eigenvalue weighted by Crippen LogP contribution is -1.89. The molecule has 1 aromatic carbocycles. The van der Waals surface area contributed by atoms with Gasteiger partial charge in [-0.15, -0.1) is 0 Å². The van der Waals surface area contributed by atoms with Crippen molar-refractivity contribution in [3.8, 4) is 0 Å². The zero-order valence-electron chi connectivity index (χ0n) is 9.48. The predicted molar refractivity (Wildman–Crippen MR) is 62.6 cm³/mol. The predicted octanol–water partition coefficient (Wildman–Crippen LogP) is 2.49. The Hall–Kier alpha value is -1.88. The van der Waals surface area contributed by atoms with Crippen LogP contribution in [0.15, 0.2) is 28.7 Å². The van der Waals surface area contributed by atoms with Gasteiger partial charge in [0.05, 0.1) is 4.92 Å². The van der Waals surface area contributed by atoms with Crippen molar-refractivity contribution in [2.75, 3.05) is 14.1 Å². The lowest BCUT2D eigenvalue weighted by atomic mass is 10.2. The SMILES string of the molecule is CNC.Cc1cc2cc([N+](=O)[O-])ccc2o1. The Bertz CT molecular complexity index is 491. The highest BCUT2D eigenvalue weighted by Crippen LogP contribution is 2.23. The molecule has 0 aliphatic heterocycles. The molecule has 86 valence electrons. The highest BCUT2D eigenvalue weighted by Gasteiger charge is 2.07. The van der Waals surface area contributed by atoms with Crippen molar-refractivity contribution in [2.45, 2.75) is 6.92 Å². The molecule has 0 saturated carbocycles. The molecule has 0 spiro atoms. The van der Waals surface area contributed by atoms with Crippen LogP contribution in [-0.2, 0) is 0 Å². The number of fused-ring (bicyclic) bond motifs is 1. The summed E-state index contributed by atoms with van der Waals surface area (Å²) < 4.78 is 5.28. The number of hydrogen-bond donors (Lipinski definition) is 1. The Morgan fingerprint density at radius 1 is 1.31 bits per heavy atom. The highest BCUT2D eigenvalue weighted by atomic mass is 16.6. The molecule has 0 aliphatic rings. The van der Waals surface area contributed by atoms with Gasteiger partial charge in [0.2, 0.25) is 0 Å². The summed E-state index contributed by atoms with van der Waals surface area (Å²) in [4.78, 5) is 10.0. The monoisotopic (exact) mass is 222 g/mol. The normalized spacial score (nSPS) is 9.69. The van der Waals surface area contributed by atoms with Gasteiger partial charge in [0.1, 0.15) is 11.3 Å². The van der Waals surface area contributed by atoms with Gasteiger partial charge in [0.15, 0.2) is 0 Å². The van der Waals surface area contributed by atoms with E-state index in [4.69, 9.17) is 4.42 Å². The van der Waals surface area contributed by atoms with Crippen molar-refractivity contribution in [2.24, 2.45) is 0 Å². The van der Waals surface area contributed by atoms with Crippen molar-refractivity contribution in [3.63, 3.8) is 0 Å². The second-order valence-corrected chi connectivity index (χ2v) is 3.34. The van der Waals surface area contributed by atoms with Gasteiger partial charge in [-0.3, -0.25) is 10.1 Å². The molecule has 0 atom stereocenters. The number of benzene rings is 1. The fourth-order valence-corrected chi connectivity index (χ4v) is 1.28. The molecule has 0 bridgehead atoms. The van der Waals surface area contributed by atoms with Crippen molar-refractivity contribution in [1.82, 2.24) is 5.32 Å². The number of aryl methyl sites for hydroxylation is 1. The fraction of sp³-hybridized carbons (Fsp3) is 0.273. The molecule has 1 heterocycles. The Labute approximate surface area is 93.2 Å². The van der Waals surface area contributed by atoms with Crippen LogP contribution in [0, 0.1) is 17.0 Å². The summed E-state index contributed by atoms with van der Waals surface area (Å²) >= 11 is 0. The van der Waals surface area contributed by atoms with E-state index >= 15 is 0 Å². The second-order valence-electron chi connectivity index (χ2n) is 3.34. The minimum atomic E-state index is -0.415. The first-order valence-corrected chi connectivity index (χ1v) is 4.81. The highest BCUT2D eigenvalue weighted by molar-refractivity contribution is 5.80. The topological polar surface area (TPSA) is 68.3 Å². The number of non-ortho nitro benzene ring substituents is 1. The molecule has 5 nitrogen and oxygen atoms in total. The second kappa shape index (κ2) is 5.27. The van der Waals surface area contributed by atoms with Crippen LogP contribution >= 0.6 is 0 Å². The van der Waals surface area contributed by atoms with Crippen LogP contribution in [0.2, 0.25) is 0 Å². The van der Waals surface area contributed by atoms with E-state index in [2.05, 4.69) is 5.32 Å². The standard InChI is InChI=1S/C9H7NO3.C2H7N/c1-6-4-7-5-8(10(11)12)2-3-9(7)13-6;1-3-2/h2-5H,1H3;3H,1-2H3. The first kappa shape index (κ1) is 12.2. The third-order valence-electron chi connectivity index (χ3n) is 1.83. The van der Waals surface area contributed by atoms with Crippen molar-refractivity contribution in [3.05, 3.63) is 40.1 Å². The average molecular weight is 222 g/mol. The molecule has 1 aromatic heterocycles. The number of nitrogens with one attached hydrogen (secondary N) is 1. The summed E-state index contributed by atoms with van der Waals surface area (Å²) in [6.45, 7) is 1.81. The summed E-state index contributed by atoms with van der Waals surface area (Å²) in [6.07, 6.45) is 0. The summed E-state index contributed by atoms with van der Waals surface area (Å²) in [7, 11) is 3.75. The maximum absolute atomic E-state index is 10.4. The van der Waals surface area contributed by atoms with E-state index in [1.165, 1.54) is 12.1 Å². The molecule has 16 heavy (non-hydrogen) atoms. The maximum Gasteiger partial charge on any atom is 0.270 e. The van der Waals surface area contributed by atoms with Crippen LogP contribution in [0.4, 0.5) is 5.69 Å². The largest absolute Gasteiger partial charge is 0.461 e. The van der Waals surface area contributed by atoms with E-state index in [1.807, 2.05) is 21.0 Å². The molecule has 2 rings (SSSR count). The summed E-state index contributed by atoms with van der Waals surface area (Å²) in [5.74, 6) is 0.760. The third kappa shape index (κ3) is 2.80. The number of hydrogen-bond acceptors (Lipinski definition) is 4. The number of nitro groups is 1. The van der Waals surface area contributed by atoms with Crippen LogP contribution < -0.4 is 5.32 Å². The Morgan fingerprint density at radius 3 is 2.50 bits per heavy atom. The van der Waals surface area contributed by atoms with E-state index in [-0.39, 0.29) is 5.69 Å². The average Bonchev–Trinajstić information content (AvgIpc) is 2.57. The van der Waals surface area contributed by atoms with Gasteiger partial charge in [-0.1, -0.05) is 0 Å². The fourth-order valence-electron chi connectivity index (χ4n) is 1.28. The minimum absolute atomic E-state index is 0.0910. The molecule has 0 fully saturated rings. The van der Waals surface area contributed by atoms with Crippen LogP contribution in [0.3, 0.4) is 0 Å². The molecule has 0 unspecified atom stereocenters. The summed E-state index contributed by atoms with van der Waals surface area (Å²) in [5, 5.41) is 13.9. The van der Waals surface area contributed by atoms with Gasteiger partial charge in [0.25, 0.3) is 5.69 Å². The molecular weight excluding hydrogens is 208 g/mol. The lowest BCUT2D eigenvalue weighted by Gasteiger charge is -1.89. The first-order chi connectivity index (χ1) is 7.58. The minimum Gasteiger partial charge on any atom is -0.461 e. The maximum atomic E-state index is 10.4. The van der Waals surface area contributed by atoms with Gasteiger partial charge in [0, 0.05) is 17.5 Å². The number of furan rings is 1. The van der Waals surface area contributed by atoms with Gasteiger partial charge in [-0.05, 0) is 33.2 Å². The van der Waals surface area contributed by atoms with Crippen LogP contribution in [0.5, 0.6) is 0 Å².